The minimum absolute atomic E-state index is 0.109. The predicted molar refractivity (Wildman–Crippen MR) is 46.6 cm³/mol. The van der Waals surface area contributed by atoms with Crippen molar-refractivity contribution in [3.05, 3.63) is 34.4 Å². The van der Waals surface area contributed by atoms with Crippen LogP contribution in [0.5, 0.6) is 0 Å². The molecule has 0 saturated carbocycles. The monoisotopic (exact) mass is 208 g/mol. The molecular weight excluding hydrogens is 204 g/mol. The summed E-state index contributed by atoms with van der Waals surface area (Å²) in [7, 11) is 0. The van der Waals surface area contributed by atoms with Crippen molar-refractivity contribution in [1.82, 2.24) is 14.4 Å². The van der Waals surface area contributed by atoms with Crippen molar-refractivity contribution < 1.29 is 14.8 Å². The second-order valence-electron chi connectivity index (χ2n) is 2.69. The smallest absolute Gasteiger partial charge is 0.354 e. The molecule has 0 fully saturated rings. The maximum absolute atomic E-state index is 10.7. The van der Waals surface area contributed by atoms with Gasteiger partial charge in [0, 0.05) is 0 Å². The molecule has 2 rings (SSSR count). The van der Waals surface area contributed by atoms with Gasteiger partial charge in [0.1, 0.15) is 6.20 Å². The van der Waals surface area contributed by atoms with E-state index < -0.39 is 10.9 Å². The van der Waals surface area contributed by atoms with E-state index in [1.807, 2.05) is 0 Å². The number of fused-ring (bicyclic) bond motifs is 1. The van der Waals surface area contributed by atoms with Crippen molar-refractivity contribution in [3.63, 3.8) is 0 Å². The van der Waals surface area contributed by atoms with Gasteiger partial charge in [-0.2, -0.15) is 0 Å². The summed E-state index contributed by atoms with van der Waals surface area (Å²) in [6.45, 7) is 0. The number of carbonyl (C=O) groups is 1. The summed E-state index contributed by atoms with van der Waals surface area (Å²) < 4.78 is 1.06. The zero-order chi connectivity index (χ0) is 11.0. The molecule has 0 aliphatic carbocycles. The van der Waals surface area contributed by atoms with Gasteiger partial charge in [0.05, 0.1) is 17.3 Å². The Bertz CT molecular complexity index is 561. The molecule has 0 aliphatic heterocycles. The van der Waals surface area contributed by atoms with Gasteiger partial charge in [-0.3, -0.25) is 14.5 Å². The quantitative estimate of drug-likeness (QED) is 0.562. The van der Waals surface area contributed by atoms with E-state index in [1.165, 1.54) is 0 Å². The number of hydrogen-bond donors (Lipinski definition) is 1. The van der Waals surface area contributed by atoms with Crippen molar-refractivity contribution in [2.75, 3.05) is 0 Å². The van der Waals surface area contributed by atoms with Crippen LogP contribution in [0.25, 0.3) is 5.78 Å². The van der Waals surface area contributed by atoms with Gasteiger partial charge in [-0.1, -0.05) is 0 Å². The van der Waals surface area contributed by atoms with Gasteiger partial charge in [-0.15, -0.1) is 0 Å². The van der Waals surface area contributed by atoms with Crippen LogP contribution in [0.3, 0.4) is 0 Å². The third kappa shape index (κ3) is 1.37. The predicted octanol–water partition coefficient (Wildman–Crippen LogP) is 0.336. The molecule has 0 atom stereocenters. The van der Waals surface area contributed by atoms with E-state index in [0.29, 0.717) is 0 Å². The summed E-state index contributed by atoms with van der Waals surface area (Å²) >= 11 is 0. The Morgan fingerprint density at radius 3 is 2.73 bits per heavy atom. The van der Waals surface area contributed by atoms with E-state index in [4.69, 9.17) is 5.11 Å². The summed E-state index contributed by atoms with van der Waals surface area (Å²) in [5.74, 6) is -1.11. The lowest BCUT2D eigenvalue weighted by molar-refractivity contribution is -0.385. The molecule has 0 aromatic carbocycles. The fraction of sp³-hybridized carbons (Fsp3) is 0. The fourth-order valence-electron chi connectivity index (χ4n) is 1.12. The second kappa shape index (κ2) is 3.01. The first-order valence-electron chi connectivity index (χ1n) is 3.80. The lowest BCUT2D eigenvalue weighted by Crippen LogP contribution is -2.03. The van der Waals surface area contributed by atoms with Crippen LogP contribution >= 0.6 is 0 Å². The van der Waals surface area contributed by atoms with Crippen LogP contribution in [0.15, 0.2) is 18.6 Å². The third-order valence-corrected chi connectivity index (χ3v) is 1.78. The van der Waals surface area contributed by atoms with Crippen LogP contribution in [-0.2, 0) is 0 Å². The summed E-state index contributed by atoms with van der Waals surface area (Å²) in [5, 5.41) is 19.2. The van der Waals surface area contributed by atoms with Crippen molar-refractivity contribution in [1.29, 1.82) is 0 Å². The van der Waals surface area contributed by atoms with Crippen LogP contribution < -0.4 is 0 Å². The average molecular weight is 208 g/mol. The minimum Gasteiger partial charge on any atom is -0.477 e. The second-order valence-corrected chi connectivity index (χ2v) is 2.69. The van der Waals surface area contributed by atoms with Gasteiger partial charge >= 0.3 is 11.7 Å². The molecule has 15 heavy (non-hydrogen) atoms. The summed E-state index contributed by atoms with van der Waals surface area (Å²) in [6.07, 6.45) is 3.18. The van der Waals surface area contributed by atoms with Crippen molar-refractivity contribution in [2.24, 2.45) is 0 Å². The van der Waals surface area contributed by atoms with E-state index >= 15 is 0 Å². The lowest BCUT2D eigenvalue weighted by atomic mass is 10.5. The molecule has 0 amide bonds. The van der Waals surface area contributed by atoms with E-state index in [9.17, 15) is 14.9 Å². The SMILES string of the molecule is O=C(O)c1cnc2ncc([N+](=O)[O-])cn12. The van der Waals surface area contributed by atoms with Gasteiger partial charge in [0.15, 0.2) is 5.69 Å². The van der Waals surface area contributed by atoms with Crippen LogP contribution in [0, 0.1) is 10.1 Å². The van der Waals surface area contributed by atoms with E-state index in [1.54, 1.807) is 0 Å². The molecule has 2 aromatic rings. The highest BCUT2D eigenvalue weighted by Crippen LogP contribution is 2.11. The number of hydrogen-bond acceptors (Lipinski definition) is 5. The van der Waals surface area contributed by atoms with Crippen LogP contribution in [0.1, 0.15) is 10.5 Å². The third-order valence-electron chi connectivity index (χ3n) is 1.78. The van der Waals surface area contributed by atoms with E-state index in [0.717, 1.165) is 23.0 Å². The first-order valence-corrected chi connectivity index (χ1v) is 3.80. The molecule has 0 radical (unpaired) electrons. The molecule has 1 N–H and O–H groups in total. The number of rotatable bonds is 2. The molecule has 2 aromatic heterocycles. The van der Waals surface area contributed by atoms with Crippen molar-refractivity contribution >= 4 is 17.4 Å². The number of aromatic carboxylic acids is 1. The van der Waals surface area contributed by atoms with Crippen LogP contribution in [-0.4, -0.2) is 30.4 Å². The number of nitro groups is 1. The molecule has 2 heterocycles. The van der Waals surface area contributed by atoms with Crippen molar-refractivity contribution in [3.8, 4) is 0 Å². The van der Waals surface area contributed by atoms with Crippen molar-refractivity contribution in [2.45, 2.75) is 0 Å². The van der Waals surface area contributed by atoms with Crippen LogP contribution in [0.4, 0.5) is 5.69 Å². The lowest BCUT2D eigenvalue weighted by Gasteiger charge is -1.95. The van der Waals surface area contributed by atoms with Gasteiger partial charge in [0.2, 0.25) is 5.78 Å². The Balaban J connectivity index is 2.72. The highest BCUT2D eigenvalue weighted by molar-refractivity contribution is 5.86. The largest absolute Gasteiger partial charge is 0.477 e. The molecule has 0 unspecified atom stereocenters. The summed E-state index contributed by atoms with van der Waals surface area (Å²) in [6, 6.07) is 0. The maximum atomic E-state index is 10.7. The zero-order valence-electron chi connectivity index (χ0n) is 7.19. The highest BCUT2D eigenvalue weighted by atomic mass is 16.6. The molecule has 0 aliphatic rings. The van der Waals surface area contributed by atoms with Gasteiger partial charge in [-0.05, 0) is 0 Å². The number of aromatic nitrogens is 3. The Hall–Kier alpha value is -2.51. The maximum Gasteiger partial charge on any atom is 0.354 e. The zero-order valence-corrected chi connectivity index (χ0v) is 7.19. The van der Waals surface area contributed by atoms with E-state index in [2.05, 4.69) is 9.97 Å². The molecule has 0 saturated heterocycles. The van der Waals surface area contributed by atoms with Crippen LogP contribution in [0.2, 0.25) is 0 Å². The molecule has 0 spiro atoms. The number of carboxylic acids is 1. The average Bonchev–Trinajstić information content (AvgIpc) is 2.59. The highest BCUT2D eigenvalue weighted by Gasteiger charge is 2.14. The first-order chi connectivity index (χ1) is 7.09. The number of carboxylic acid groups (broad SMARTS) is 1. The minimum atomic E-state index is -1.22. The summed E-state index contributed by atoms with van der Waals surface area (Å²) in [5.41, 5.74) is -0.454. The first kappa shape index (κ1) is 9.06. The molecular formula is C7H4N4O4. The molecule has 8 nitrogen and oxygen atoms in total. The topological polar surface area (TPSA) is 111 Å². The number of nitrogens with zero attached hydrogens (tertiary/aromatic N) is 4. The Labute approximate surface area is 82.0 Å². The van der Waals surface area contributed by atoms with Gasteiger partial charge in [-0.25, -0.2) is 14.8 Å². The Morgan fingerprint density at radius 2 is 2.13 bits per heavy atom. The fourth-order valence-corrected chi connectivity index (χ4v) is 1.12. The summed E-state index contributed by atoms with van der Waals surface area (Å²) in [4.78, 5) is 27.8. The van der Waals surface area contributed by atoms with E-state index in [-0.39, 0.29) is 17.2 Å². The van der Waals surface area contributed by atoms with Gasteiger partial charge in [0.25, 0.3) is 0 Å². The Kier molecular flexibility index (Phi) is 1.82. The standard InChI is InChI=1S/C7H4N4O4/c12-6(13)5-2-9-7-8-1-4(11(14)15)3-10(5)7/h1-3H,(H,12,13). The normalized spacial score (nSPS) is 10.4. The molecule has 0 bridgehead atoms. The van der Waals surface area contributed by atoms with Gasteiger partial charge < -0.3 is 5.11 Å². The molecule has 8 heteroatoms. The Morgan fingerprint density at radius 1 is 1.47 bits per heavy atom. The molecule has 76 valence electrons. The number of imidazole rings is 1.